The third kappa shape index (κ3) is 4.72. The molecule has 0 radical (unpaired) electrons. The number of carbonyl (C=O) groups is 3. The fraction of sp³-hybridized carbons (Fsp3) is 0.800. The predicted molar refractivity (Wildman–Crippen MR) is 78.5 cm³/mol. The van der Waals surface area contributed by atoms with Crippen molar-refractivity contribution in [2.75, 3.05) is 14.1 Å². The van der Waals surface area contributed by atoms with Gasteiger partial charge in [0.05, 0.1) is 11.8 Å². The van der Waals surface area contributed by atoms with E-state index >= 15 is 0 Å². The van der Waals surface area contributed by atoms with Crippen LogP contribution >= 0.6 is 0 Å². The molecule has 1 fully saturated rings. The summed E-state index contributed by atoms with van der Waals surface area (Å²) >= 11 is 0. The molecule has 3 atom stereocenters. The zero-order valence-corrected chi connectivity index (χ0v) is 13.3. The first-order valence-corrected chi connectivity index (χ1v) is 7.48. The van der Waals surface area contributed by atoms with Gasteiger partial charge in [0, 0.05) is 14.1 Å². The fourth-order valence-corrected chi connectivity index (χ4v) is 2.85. The molecule has 21 heavy (non-hydrogen) atoms. The Hall–Kier alpha value is -1.59. The van der Waals surface area contributed by atoms with E-state index in [2.05, 4.69) is 5.32 Å². The van der Waals surface area contributed by atoms with Gasteiger partial charge in [-0.3, -0.25) is 14.4 Å². The first-order valence-electron chi connectivity index (χ1n) is 7.48. The third-order valence-electron chi connectivity index (χ3n) is 3.93. The van der Waals surface area contributed by atoms with Gasteiger partial charge in [0.15, 0.2) is 0 Å². The standard InChI is InChI=1S/C15H26N2O4/c1-9(2)8-12(14(19)17(3)4)16-13(18)10-6-5-7-11(10)15(20)21/h9-12H,5-8H2,1-4H3,(H,16,18)(H,20,21). The van der Waals surface area contributed by atoms with Crippen LogP contribution in [0.2, 0.25) is 0 Å². The number of rotatable bonds is 6. The van der Waals surface area contributed by atoms with Crippen molar-refractivity contribution in [3.05, 3.63) is 0 Å². The molecule has 0 heterocycles. The van der Waals surface area contributed by atoms with E-state index in [-0.39, 0.29) is 17.7 Å². The first-order chi connectivity index (χ1) is 9.73. The Morgan fingerprint density at radius 2 is 1.76 bits per heavy atom. The second-order valence-electron chi connectivity index (χ2n) is 6.41. The van der Waals surface area contributed by atoms with E-state index in [1.54, 1.807) is 14.1 Å². The van der Waals surface area contributed by atoms with Gasteiger partial charge in [-0.15, -0.1) is 0 Å². The largest absolute Gasteiger partial charge is 0.481 e. The minimum Gasteiger partial charge on any atom is -0.481 e. The maximum absolute atomic E-state index is 12.3. The van der Waals surface area contributed by atoms with Gasteiger partial charge in [-0.25, -0.2) is 0 Å². The maximum atomic E-state index is 12.3. The van der Waals surface area contributed by atoms with Crippen LogP contribution in [0.1, 0.15) is 39.5 Å². The lowest BCUT2D eigenvalue weighted by Gasteiger charge is -2.25. The van der Waals surface area contributed by atoms with Crippen molar-refractivity contribution in [3.63, 3.8) is 0 Å². The Kier molecular flexibility index (Phi) is 6.18. The molecule has 3 unspecified atom stereocenters. The Morgan fingerprint density at radius 1 is 1.19 bits per heavy atom. The molecule has 1 rings (SSSR count). The molecule has 0 saturated heterocycles. The molecule has 6 heteroatoms. The number of hydrogen-bond acceptors (Lipinski definition) is 3. The molecule has 0 spiro atoms. The Morgan fingerprint density at radius 3 is 2.24 bits per heavy atom. The van der Waals surface area contributed by atoms with Crippen molar-refractivity contribution >= 4 is 17.8 Å². The lowest BCUT2D eigenvalue weighted by molar-refractivity contribution is -0.146. The van der Waals surface area contributed by atoms with Gasteiger partial charge in [0.1, 0.15) is 6.04 Å². The van der Waals surface area contributed by atoms with Crippen LogP contribution in [0.25, 0.3) is 0 Å². The average Bonchev–Trinajstić information content (AvgIpc) is 2.85. The number of aliphatic carboxylic acids is 1. The predicted octanol–water partition coefficient (Wildman–Crippen LogP) is 1.11. The van der Waals surface area contributed by atoms with E-state index in [1.165, 1.54) is 4.90 Å². The summed E-state index contributed by atoms with van der Waals surface area (Å²) in [6.45, 7) is 3.97. The van der Waals surface area contributed by atoms with Crippen molar-refractivity contribution < 1.29 is 19.5 Å². The minimum absolute atomic E-state index is 0.151. The number of carbonyl (C=O) groups excluding carboxylic acids is 2. The number of carboxylic acids is 1. The second-order valence-corrected chi connectivity index (χ2v) is 6.41. The van der Waals surface area contributed by atoms with Gasteiger partial charge in [-0.1, -0.05) is 20.3 Å². The number of hydrogen-bond donors (Lipinski definition) is 2. The van der Waals surface area contributed by atoms with Crippen LogP contribution in [0.5, 0.6) is 0 Å². The Bertz CT molecular complexity index is 406. The summed E-state index contributed by atoms with van der Waals surface area (Å²) in [7, 11) is 3.30. The highest BCUT2D eigenvalue weighted by Crippen LogP contribution is 2.32. The molecule has 1 aliphatic carbocycles. The molecular weight excluding hydrogens is 272 g/mol. The molecule has 1 aliphatic rings. The highest BCUT2D eigenvalue weighted by atomic mass is 16.4. The van der Waals surface area contributed by atoms with E-state index in [1.807, 2.05) is 13.8 Å². The highest BCUT2D eigenvalue weighted by Gasteiger charge is 2.39. The summed E-state index contributed by atoms with van der Waals surface area (Å²) in [5.74, 6) is -2.26. The summed E-state index contributed by atoms with van der Waals surface area (Å²) in [6, 6.07) is -0.581. The third-order valence-corrected chi connectivity index (χ3v) is 3.93. The van der Waals surface area contributed by atoms with Gasteiger partial charge in [-0.05, 0) is 25.2 Å². The van der Waals surface area contributed by atoms with E-state index < -0.39 is 23.8 Å². The Labute approximate surface area is 125 Å². The van der Waals surface area contributed by atoms with Crippen LogP contribution in [0, 0.1) is 17.8 Å². The monoisotopic (exact) mass is 298 g/mol. The molecule has 2 amide bonds. The van der Waals surface area contributed by atoms with Crippen molar-refractivity contribution in [1.82, 2.24) is 10.2 Å². The summed E-state index contributed by atoms with van der Waals surface area (Å²) in [6.07, 6.45) is 2.40. The van der Waals surface area contributed by atoms with Crippen LogP contribution in [-0.4, -0.2) is 47.9 Å². The second kappa shape index (κ2) is 7.43. The lowest BCUT2D eigenvalue weighted by atomic mass is 9.94. The quantitative estimate of drug-likeness (QED) is 0.769. The molecular formula is C15H26N2O4. The summed E-state index contributed by atoms with van der Waals surface area (Å²) in [5.41, 5.74) is 0. The number of carboxylic acid groups (broad SMARTS) is 1. The van der Waals surface area contributed by atoms with Gasteiger partial charge < -0.3 is 15.3 Å². The molecule has 1 saturated carbocycles. The normalized spacial score (nSPS) is 22.9. The van der Waals surface area contributed by atoms with Gasteiger partial charge in [0.2, 0.25) is 11.8 Å². The van der Waals surface area contributed by atoms with Gasteiger partial charge >= 0.3 is 5.97 Å². The van der Waals surface area contributed by atoms with Gasteiger partial charge in [-0.2, -0.15) is 0 Å². The molecule has 2 N–H and O–H groups in total. The molecule has 120 valence electrons. The number of amides is 2. The van der Waals surface area contributed by atoms with Crippen LogP contribution in [-0.2, 0) is 14.4 Å². The van der Waals surface area contributed by atoms with Crippen LogP contribution in [0.4, 0.5) is 0 Å². The fourth-order valence-electron chi connectivity index (χ4n) is 2.85. The molecule has 0 aromatic rings. The first kappa shape index (κ1) is 17.5. The lowest BCUT2D eigenvalue weighted by Crippen LogP contribution is -2.49. The molecule has 0 aromatic heterocycles. The average molecular weight is 298 g/mol. The number of nitrogens with zero attached hydrogens (tertiary/aromatic N) is 1. The molecule has 6 nitrogen and oxygen atoms in total. The van der Waals surface area contributed by atoms with Crippen molar-refractivity contribution in [3.8, 4) is 0 Å². The molecule has 0 aliphatic heterocycles. The number of likely N-dealkylation sites (N-methyl/N-ethyl adjacent to an activating group) is 1. The minimum atomic E-state index is -0.924. The smallest absolute Gasteiger partial charge is 0.307 e. The Balaban J connectivity index is 2.75. The molecule has 0 aromatic carbocycles. The van der Waals surface area contributed by atoms with Gasteiger partial charge in [0.25, 0.3) is 0 Å². The van der Waals surface area contributed by atoms with Crippen LogP contribution in [0.3, 0.4) is 0 Å². The number of nitrogens with one attached hydrogen (secondary N) is 1. The zero-order valence-electron chi connectivity index (χ0n) is 13.3. The maximum Gasteiger partial charge on any atom is 0.307 e. The highest BCUT2D eigenvalue weighted by molar-refractivity contribution is 5.90. The zero-order chi connectivity index (χ0) is 16.2. The van der Waals surface area contributed by atoms with E-state index in [4.69, 9.17) is 5.11 Å². The summed E-state index contributed by atoms with van der Waals surface area (Å²) in [4.78, 5) is 37.1. The van der Waals surface area contributed by atoms with Crippen LogP contribution < -0.4 is 5.32 Å². The van der Waals surface area contributed by atoms with E-state index in [0.717, 1.165) is 6.42 Å². The van der Waals surface area contributed by atoms with Crippen molar-refractivity contribution in [2.24, 2.45) is 17.8 Å². The van der Waals surface area contributed by atoms with E-state index in [0.29, 0.717) is 19.3 Å². The van der Waals surface area contributed by atoms with Crippen molar-refractivity contribution in [1.29, 1.82) is 0 Å². The van der Waals surface area contributed by atoms with Crippen LogP contribution in [0.15, 0.2) is 0 Å². The SMILES string of the molecule is CC(C)CC(NC(=O)C1CCCC1C(=O)O)C(=O)N(C)C. The summed E-state index contributed by atoms with van der Waals surface area (Å²) in [5, 5.41) is 11.9. The molecule has 0 bridgehead atoms. The topological polar surface area (TPSA) is 86.7 Å². The van der Waals surface area contributed by atoms with Crippen molar-refractivity contribution in [2.45, 2.75) is 45.6 Å². The summed E-state index contributed by atoms with van der Waals surface area (Å²) < 4.78 is 0. The van der Waals surface area contributed by atoms with E-state index in [9.17, 15) is 14.4 Å².